The van der Waals surface area contributed by atoms with E-state index in [1.165, 1.54) is 0 Å². The van der Waals surface area contributed by atoms with Crippen LogP contribution in [0.15, 0.2) is 18.2 Å². The highest BCUT2D eigenvalue weighted by atomic mass is 35.5. The fraction of sp³-hybridized carbons (Fsp3) is 0.400. The number of likely N-dealkylation sites (N-methyl/N-ethyl adjacent to an activating group) is 1. The lowest BCUT2D eigenvalue weighted by atomic mass is 10.2. The highest BCUT2D eigenvalue weighted by Gasteiger charge is 2.31. The number of amides is 4. The molecule has 0 aromatic heterocycles. The van der Waals surface area contributed by atoms with Crippen molar-refractivity contribution in [2.75, 3.05) is 32.0 Å². The zero-order valence-corrected chi connectivity index (χ0v) is 14.8. The molecule has 0 saturated carbocycles. The van der Waals surface area contributed by atoms with Gasteiger partial charge in [-0.05, 0) is 32.2 Å². The number of carbonyl (C=O) groups is 3. The summed E-state index contributed by atoms with van der Waals surface area (Å²) in [5.41, 5.74) is 0.515. The van der Waals surface area contributed by atoms with Crippen molar-refractivity contribution in [3.8, 4) is 0 Å². The fourth-order valence-electron chi connectivity index (χ4n) is 2.23. The number of carbonyl (C=O) groups excluding carboxylic acids is 3. The summed E-state index contributed by atoms with van der Waals surface area (Å²) in [5.74, 6) is -0.642. The van der Waals surface area contributed by atoms with Crippen LogP contribution < -0.4 is 10.6 Å². The van der Waals surface area contributed by atoms with E-state index in [-0.39, 0.29) is 18.4 Å². The van der Waals surface area contributed by atoms with Crippen LogP contribution in [0.5, 0.6) is 0 Å². The summed E-state index contributed by atoms with van der Waals surface area (Å²) >= 11 is 11.7. The van der Waals surface area contributed by atoms with Crippen LogP contribution in [-0.4, -0.2) is 60.4 Å². The summed E-state index contributed by atoms with van der Waals surface area (Å²) in [7, 11) is 1.64. The Balaban J connectivity index is 1.91. The largest absolute Gasteiger partial charge is 0.336 e. The average molecular weight is 373 g/mol. The number of halogens is 2. The Kier molecular flexibility index (Phi) is 6.04. The van der Waals surface area contributed by atoms with Crippen LogP contribution in [-0.2, 0) is 9.59 Å². The molecule has 7 nitrogen and oxygen atoms in total. The van der Waals surface area contributed by atoms with Gasteiger partial charge in [-0.2, -0.15) is 0 Å². The van der Waals surface area contributed by atoms with E-state index >= 15 is 0 Å². The summed E-state index contributed by atoms with van der Waals surface area (Å²) in [6.45, 7) is 2.42. The number of urea groups is 1. The van der Waals surface area contributed by atoms with Crippen LogP contribution >= 0.6 is 23.2 Å². The topological polar surface area (TPSA) is 81.8 Å². The van der Waals surface area contributed by atoms with Crippen LogP contribution in [0, 0.1) is 0 Å². The number of imide groups is 1. The zero-order valence-electron chi connectivity index (χ0n) is 13.3. The summed E-state index contributed by atoms with van der Waals surface area (Å²) in [5, 5.41) is 6.00. The van der Waals surface area contributed by atoms with Gasteiger partial charge in [0.05, 0.1) is 22.6 Å². The molecule has 1 heterocycles. The van der Waals surface area contributed by atoms with Gasteiger partial charge < -0.3 is 10.6 Å². The van der Waals surface area contributed by atoms with Crippen molar-refractivity contribution in [3.05, 3.63) is 28.2 Å². The summed E-state index contributed by atoms with van der Waals surface area (Å²) < 4.78 is 0. The number of hydrogen-bond acceptors (Lipinski definition) is 4. The van der Waals surface area contributed by atoms with E-state index in [4.69, 9.17) is 23.2 Å². The Morgan fingerprint density at radius 3 is 2.67 bits per heavy atom. The first-order valence-electron chi connectivity index (χ1n) is 7.34. The molecule has 0 radical (unpaired) electrons. The van der Waals surface area contributed by atoms with Crippen LogP contribution in [0.4, 0.5) is 10.5 Å². The smallest absolute Gasteiger partial charge is 0.324 e. The molecular formula is C15H18Cl2N4O3. The molecule has 2 rings (SSSR count). The van der Waals surface area contributed by atoms with E-state index in [1.54, 1.807) is 37.1 Å². The monoisotopic (exact) mass is 372 g/mol. The lowest BCUT2D eigenvalue weighted by Crippen LogP contribution is -2.48. The van der Waals surface area contributed by atoms with Crippen molar-refractivity contribution in [2.45, 2.75) is 13.0 Å². The third-order valence-electron chi connectivity index (χ3n) is 3.74. The number of hydrogen-bond donors (Lipinski definition) is 2. The maximum atomic E-state index is 12.3. The van der Waals surface area contributed by atoms with Gasteiger partial charge in [-0.1, -0.05) is 23.2 Å². The van der Waals surface area contributed by atoms with Gasteiger partial charge in [0.1, 0.15) is 0 Å². The standard InChI is InChI=1S/C15H18Cl2N4O3/c1-9(14(23)21-6-5-18-15(21)24)20(2)8-13(22)19-10-3-4-11(16)12(17)7-10/h3-4,7,9H,5-6,8H2,1-2H3,(H,18,24)(H,19,22)/t9-/m1/s1. The molecule has 0 spiro atoms. The molecule has 0 unspecified atom stereocenters. The Labute approximate surface area is 149 Å². The van der Waals surface area contributed by atoms with E-state index < -0.39 is 12.1 Å². The second kappa shape index (κ2) is 7.83. The Hall–Kier alpha value is -1.83. The minimum Gasteiger partial charge on any atom is -0.336 e. The predicted octanol–water partition coefficient (Wildman–Crippen LogP) is 1.80. The number of nitrogens with one attached hydrogen (secondary N) is 2. The maximum absolute atomic E-state index is 12.3. The molecule has 0 aliphatic carbocycles. The van der Waals surface area contributed by atoms with Crippen molar-refractivity contribution in [1.82, 2.24) is 15.1 Å². The van der Waals surface area contributed by atoms with Gasteiger partial charge in [-0.25, -0.2) is 4.79 Å². The highest BCUT2D eigenvalue weighted by molar-refractivity contribution is 6.42. The van der Waals surface area contributed by atoms with E-state index in [1.807, 2.05) is 0 Å². The molecule has 1 saturated heterocycles. The first-order chi connectivity index (χ1) is 11.3. The molecular weight excluding hydrogens is 355 g/mol. The van der Waals surface area contributed by atoms with Crippen LogP contribution in [0.1, 0.15) is 6.92 Å². The summed E-state index contributed by atoms with van der Waals surface area (Å²) in [6, 6.07) is 3.76. The first-order valence-corrected chi connectivity index (χ1v) is 8.09. The second-order valence-corrected chi connectivity index (χ2v) is 6.30. The van der Waals surface area contributed by atoms with Gasteiger partial charge in [-0.3, -0.25) is 19.4 Å². The predicted molar refractivity (Wildman–Crippen MR) is 92.3 cm³/mol. The molecule has 1 aromatic rings. The van der Waals surface area contributed by atoms with Crippen molar-refractivity contribution >= 4 is 46.7 Å². The maximum Gasteiger partial charge on any atom is 0.324 e. The summed E-state index contributed by atoms with van der Waals surface area (Å²) in [6.07, 6.45) is 0. The number of nitrogens with zero attached hydrogens (tertiary/aromatic N) is 2. The number of rotatable bonds is 5. The molecule has 1 atom stereocenters. The number of anilines is 1. The van der Waals surface area contributed by atoms with Gasteiger partial charge in [0.25, 0.3) is 0 Å². The van der Waals surface area contributed by atoms with E-state index in [2.05, 4.69) is 10.6 Å². The molecule has 1 aromatic carbocycles. The van der Waals surface area contributed by atoms with Gasteiger partial charge >= 0.3 is 6.03 Å². The second-order valence-electron chi connectivity index (χ2n) is 5.49. The Bertz CT molecular complexity index is 668. The van der Waals surface area contributed by atoms with Crippen molar-refractivity contribution < 1.29 is 14.4 Å². The van der Waals surface area contributed by atoms with Gasteiger partial charge in [-0.15, -0.1) is 0 Å². The number of benzene rings is 1. The van der Waals surface area contributed by atoms with Crippen LogP contribution in [0.3, 0.4) is 0 Å². The minimum absolute atomic E-state index is 0.0113. The summed E-state index contributed by atoms with van der Waals surface area (Å²) in [4.78, 5) is 38.6. The molecule has 1 aliphatic heterocycles. The highest BCUT2D eigenvalue weighted by Crippen LogP contribution is 2.24. The van der Waals surface area contributed by atoms with Crippen molar-refractivity contribution in [3.63, 3.8) is 0 Å². The van der Waals surface area contributed by atoms with Crippen molar-refractivity contribution in [2.24, 2.45) is 0 Å². The first kappa shape index (κ1) is 18.5. The lowest BCUT2D eigenvalue weighted by molar-refractivity contribution is -0.132. The van der Waals surface area contributed by atoms with Gasteiger partial charge in [0.15, 0.2) is 0 Å². The quantitative estimate of drug-likeness (QED) is 0.825. The zero-order chi connectivity index (χ0) is 17.9. The third kappa shape index (κ3) is 4.37. The van der Waals surface area contributed by atoms with Gasteiger partial charge in [0, 0.05) is 18.8 Å². The SMILES string of the molecule is C[C@H](C(=O)N1CCNC1=O)N(C)CC(=O)Nc1ccc(Cl)c(Cl)c1. The molecule has 24 heavy (non-hydrogen) atoms. The van der Waals surface area contributed by atoms with E-state index in [0.29, 0.717) is 28.8 Å². The Morgan fingerprint density at radius 2 is 2.08 bits per heavy atom. The molecule has 1 aliphatic rings. The van der Waals surface area contributed by atoms with E-state index in [9.17, 15) is 14.4 Å². The molecule has 1 fully saturated rings. The average Bonchev–Trinajstić information content (AvgIpc) is 2.95. The molecule has 4 amide bonds. The fourth-order valence-corrected chi connectivity index (χ4v) is 2.53. The van der Waals surface area contributed by atoms with Crippen LogP contribution in [0.2, 0.25) is 10.0 Å². The van der Waals surface area contributed by atoms with Gasteiger partial charge in [0.2, 0.25) is 11.8 Å². The van der Waals surface area contributed by atoms with Crippen LogP contribution in [0.25, 0.3) is 0 Å². The molecule has 9 heteroatoms. The normalized spacial score (nSPS) is 15.4. The lowest BCUT2D eigenvalue weighted by Gasteiger charge is -2.26. The molecule has 2 N–H and O–H groups in total. The molecule has 0 bridgehead atoms. The molecule has 130 valence electrons. The van der Waals surface area contributed by atoms with Crippen molar-refractivity contribution in [1.29, 1.82) is 0 Å². The third-order valence-corrected chi connectivity index (χ3v) is 4.48. The van der Waals surface area contributed by atoms with E-state index in [0.717, 1.165) is 4.90 Å². The Morgan fingerprint density at radius 1 is 1.38 bits per heavy atom. The minimum atomic E-state index is -0.603.